The molecule has 0 bridgehead atoms. The molecule has 1 fully saturated rings. The van der Waals surface area contributed by atoms with Crippen LogP contribution in [0.1, 0.15) is 31.9 Å². The van der Waals surface area contributed by atoms with Gasteiger partial charge in [-0.3, -0.25) is 0 Å². The molecule has 2 rings (SSSR count). The van der Waals surface area contributed by atoms with Crippen LogP contribution >= 0.6 is 0 Å². The Hall–Kier alpha value is -1.02. The second-order valence-electron chi connectivity index (χ2n) is 5.39. The van der Waals surface area contributed by atoms with Gasteiger partial charge < -0.3 is 9.47 Å². The standard InChI is InChI=1S/C14H20O2/c1-10-8-11(6-7-12(10)15-5)14(4)13(2,3)9-16-14/h6-8H,9H2,1-5H3. The van der Waals surface area contributed by atoms with Crippen molar-refractivity contribution >= 4 is 0 Å². The van der Waals surface area contributed by atoms with Gasteiger partial charge in [0.1, 0.15) is 5.75 Å². The van der Waals surface area contributed by atoms with Crippen molar-refractivity contribution in [3.8, 4) is 5.75 Å². The predicted octanol–water partition coefficient (Wildman–Crippen LogP) is 3.28. The third-order valence-electron chi connectivity index (χ3n) is 3.96. The van der Waals surface area contributed by atoms with Gasteiger partial charge >= 0.3 is 0 Å². The van der Waals surface area contributed by atoms with Gasteiger partial charge in [-0.15, -0.1) is 0 Å². The fourth-order valence-corrected chi connectivity index (χ4v) is 2.23. The molecule has 1 atom stereocenters. The highest BCUT2D eigenvalue weighted by atomic mass is 16.5. The van der Waals surface area contributed by atoms with E-state index in [1.54, 1.807) is 7.11 Å². The third kappa shape index (κ3) is 1.44. The number of hydrogen-bond acceptors (Lipinski definition) is 2. The highest BCUT2D eigenvalue weighted by Crippen LogP contribution is 2.51. The third-order valence-corrected chi connectivity index (χ3v) is 3.96. The van der Waals surface area contributed by atoms with Crippen LogP contribution in [0, 0.1) is 12.3 Å². The summed E-state index contributed by atoms with van der Waals surface area (Å²) in [5, 5.41) is 0. The first-order chi connectivity index (χ1) is 7.40. The van der Waals surface area contributed by atoms with Crippen molar-refractivity contribution in [3.63, 3.8) is 0 Å². The van der Waals surface area contributed by atoms with E-state index in [1.165, 1.54) is 5.56 Å². The Morgan fingerprint density at radius 2 is 1.94 bits per heavy atom. The Morgan fingerprint density at radius 3 is 2.31 bits per heavy atom. The van der Waals surface area contributed by atoms with Crippen molar-refractivity contribution < 1.29 is 9.47 Å². The first-order valence-electron chi connectivity index (χ1n) is 5.70. The molecule has 1 aromatic carbocycles. The molecule has 0 spiro atoms. The zero-order valence-electron chi connectivity index (χ0n) is 10.8. The molecule has 0 amide bonds. The van der Waals surface area contributed by atoms with Crippen LogP contribution in [0.15, 0.2) is 18.2 Å². The van der Waals surface area contributed by atoms with Crippen molar-refractivity contribution in [2.45, 2.75) is 33.3 Å². The maximum Gasteiger partial charge on any atom is 0.121 e. The van der Waals surface area contributed by atoms with Gasteiger partial charge in [-0.1, -0.05) is 19.9 Å². The van der Waals surface area contributed by atoms with Crippen LogP contribution in [-0.2, 0) is 10.3 Å². The molecule has 0 aromatic heterocycles. The average molecular weight is 220 g/mol. The second kappa shape index (κ2) is 3.49. The van der Waals surface area contributed by atoms with Crippen molar-refractivity contribution in [3.05, 3.63) is 29.3 Å². The molecule has 2 heteroatoms. The van der Waals surface area contributed by atoms with E-state index < -0.39 is 0 Å². The minimum absolute atomic E-state index is 0.163. The summed E-state index contributed by atoms with van der Waals surface area (Å²) in [5.74, 6) is 0.935. The van der Waals surface area contributed by atoms with E-state index in [0.717, 1.165) is 17.9 Å². The molecule has 1 saturated heterocycles. The lowest BCUT2D eigenvalue weighted by Crippen LogP contribution is -2.55. The maximum absolute atomic E-state index is 5.81. The highest BCUT2D eigenvalue weighted by Gasteiger charge is 2.52. The van der Waals surface area contributed by atoms with E-state index in [0.29, 0.717) is 0 Å². The van der Waals surface area contributed by atoms with Crippen molar-refractivity contribution in [1.82, 2.24) is 0 Å². The zero-order chi connectivity index (χ0) is 12.0. The lowest BCUT2D eigenvalue weighted by molar-refractivity contribution is -0.250. The van der Waals surface area contributed by atoms with Crippen molar-refractivity contribution in [2.24, 2.45) is 5.41 Å². The first-order valence-corrected chi connectivity index (χ1v) is 5.70. The maximum atomic E-state index is 5.81. The quantitative estimate of drug-likeness (QED) is 0.761. The normalized spacial score (nSPS) is 27.3. The molecule has 1 aliphatic heterocycles. The summed E-state index contributed by atoms with van der Waals surface area (Å²) in [4.78, 5) is 0. The molecule has 0 saturated carbocycles. The number of benzene rings is 1. The second-order valence-corrected chi connectivity index (χ2v) is 5.39. The lowest BCUT2D eigenvalue weighted by Gasteiger charge is -2.54. The van der Waals surface area contributed by atoms with Crippen molar-refractivity contribution in [2.75, 3.05) is 13.7 Å². The summed E-state index contributed by atoms with van der Waals surface area (Å²) in [7, 11) is 1.70. The Bertz CT molecular complexity index is 409. The topological polar surface area (TPSA) is 18.5 Å². The predicted molar refractivity (Wildman–Crippen MR) is 64.8 cm³/mol. The minimum atomic E-state index is -0.163. The van der Waals surface area contributed by atoms with Crippen LogP contribution in [0.25, 0.3) is 0 Å². The van der Waals surface area contributed by atoms with E-state index in [9.17, 15) is 0 Å². The van der Waals surface area contributed by atoms with E-state index in [1.807, 2.05) is 6.07 Å². The number of hydrogen-bond donors (Lipinski definition) is 0. The molecule has 1 heterocycles. The van der Waals surface area contributed by atoms with Gasteiger partial charge in [0.05, 0.1) is 19.3 Å². The average Bonchev–Trinajstić information content (AvgIpc) is 2.26. The Balaban J connectivity index is 2.39. The molecule has 2 nitrogen and oxygen atoms in total. The largest absolute Gasteiger partial charge is 0.496 e. The van der Waals surface area contributed by atoms with Gasteiger partial charge in [0, 0.05) is 5.41 Å². The summed E-state index contributed by atoms with van der Waals surface area (Å²) in [6, 6.07) is 6.29. The van der Waals surface area contributed by atoms with Crippen LogP contribution < -0.4 is 4.74 Å². The molecule has 0 radical (unpaired) electrons. The zero-order valence-corrected chi connectivity index (χ0v) is 10.8. The Kier molecular flexibility index (Phi) is 2.50. The first kappa shape index (κ1) is 11.5. The molecule has 1 aliphatic rings. The van der Waals surface area contributed by atoms with E-state index in [2.05, 4.69) is 39.8 Å². The van der Waals surface area contributed by atoms with E-state index >= 15 is 0 Å². The van der Waals surface area contributed by atoms with Gasteiger partial charge in [0.25, 0.3) is 0 Å². The summed E-state index contributed by atoms with van der Waals surface area (Å²) >= 11 is 0. The van der Waals surface area contributed by atoms with Crippen LogP contribution in [0.2, 0.25) is 0 Å². The summed E-state index contributed by atoms with van der Waals surface area (Å²) in [6.07, 6.45) is 0. The van der Waals surface area contributed by atoms with Gasteiger partial charge in [-0.25, -0.2) is 0 Å². The van der Waals surface area contributed by atoms with Gasteiger partial charge in [-0.05, 0) is 37.1 Å². The molecule has 0 N–H and O–H groups in total. The van der Waals surface area contributed by atoms with Gasteiger partial charge in [0.15, 0.2) is 0 Å². The fourth-order valence-electron chi connectivity index (χ4n) is 2.23. The monoisotopic (exact) mass is 220 g/mol. The minimum Gasteiger partial charge on any atom is -0.496 e. The highest BCUT2D eigenvalue weighted by molar-refractivity contribution is 5.39. The van der Waals surface area contributed by atoms with Gasteiger partial charge in [-0.2, -0.15) is 0 Å². The summed E-state index contributed by atoms with van der Waals surface area (Å²) in [5.41, 5.74) is 2.44. The van der Waals surface area contributed by atoms with Crippen LogP contribution in [0.3, 0.4) is 0 Å². The fraction of sp³-hybridized carbons (Fsp3) is 0.571. The van der Waals surface area contributed by atoms with Crippen LogP contribution in [-0.4, -0.2) is 13.7 Å². The van der Waals surface area contributed by atoms with E-state index in [4.69, 9.17) is 9.47 Å². The molecule has 1 unspecified atom stereocenters. The number of ether oxygens (including phenoxy) is 2. The van der Waals surface area contributed by atoms with Crippen molar-refractivity contribution in [1.29, 1.82) is 0 Å². The molecular formula is C14H20O2. The Labute approximate surface area is 97.6 Å². The molecular weight excluding hydrogens is 200 g/mol. The number of rotatable bonds is 2. The SMILES string of the molecule is COc1ccc(C2(C)OCC2(C)C)cc1C. The number of methoxy groups -OCH3 is 1. The summed E-state index contributed by atoms with van der Waals surface area (Å²) in [6.45, 7) is 9.55. The van der Waals surface area contributed by atoms with Gasteiger partial charge in [0.2, 0.25) is 0 Å². The van der Waals surface area contributed by atoms with Crippen LogP contribution in [0.5, 0.6) is 5.75 Å². The molecule has 16 heavy (non-hydrogen) atoms. The summed E-state index contributed by atoms with van der Waals surface area (Å²) < 4.78 is 11.1. The smallest absolute Gasteiger partial charge is 0.121 e. The number of aryl methyl sites for hydroxylation is 1. The van der Waals surface area contributed by atoms with E-state index in [-0.39, 0.29) is 11.0 Å². The van der Waals surface area contributed by atoms with Crippen LogP contribution in [0.4, 0.5) is 0 Å². The lowest BCUT2D eigenvalue weighted by atomic mass is 9.68. The molecule has 1 aromatic rings. The Morgan fingerprint density at radius 1 is 1.25 bits per heavy atom. The molecule has 0 aliphatic carbocycles. The molecule has 88 valence electrons.